The minimum atomic E-state index is -0.0611. The van der Waals surface area contributed by atoms with Gasteiger partial charge in [-0.1, -0.05) is 202 Å². The van der Waals surface area contributed by atoms with Gasteiger partial charge in [-0.3, -0.25) is 0 Å². The molecule has 0 saturated carbocycles. The van der Waals surface area contributed by atoms with Gasteiger partial charge in [0.2, 0.25) is 0 Å². The lowest BCUT2D eigenvalue weighted by Gasteiger charge is -2.21. The number of thiophene rings is 1. The predicted molar refractivity (Wildman–Crippen MR) is 260 cm³/mol. The first-order valence-electron chi connectivity index (χ1n) is 21.1. The fourth-order valence-corrected chi connectivity index (χ4v) is 11.2. The van der Waals surface area contributed by atoms with E-state index in [4.69, 9.17) is 4.42 Å². The SMILES string of the molecule is CC1(C)c2ccccc2-c2c(-c3cccc4sc5c(/C(=C\c6ccc(-c7cccc8c7oc7ccccc78)cc6)c6ccc(-c7ccccc7)cc6)cccc5c34)cccc21. The topological polar surface area (TPSA) is 13.1 Å². The lowest BCUT2D eigenvalue weighted by atomic mass is 9.82. The van der Waals surface area contributed by atoms with Crippen LogP contribution in [0, 0.1) is 0 Å². The number of para-hydroxylation sites is 2. The molecule has 0 radical (unpaired) electrons. The van der Waals surface area contributed by atoms with E-state index in [9.17, 15) is 0 Å². The Labute approximate surface area is 359 Å². The molecule has 2 heteroatoms. The van der Waals surface area contributed by atoms with Crippen molar-refractivity contribution in [3.8, 4) is 44.5 Å². The second kappa shape index (κ2) is 13.9. The van der Waals surface area contributed by atoms with Crippen molar-refractivity contribution in [1.29, 1.82) is 0 Å². The fraction of sp³-hybridized carbons (Fsp3) is 0.0508. The Hall–Kier alpha value is -7.26. The highest BCUT2D eigenvalue weighted by Crippen LogP contribution is 2.54. The maximum Gasteiger partial charge on any atom is 0.143 e. The van der Waals surface area contributed by atoms with E-state index in [0.29, 0.717) is 0 Å². The van der Waals surface area contributed by atoms with Crippen molar-refractivity contribution in [3.63, 3.8) is 0 Å². The molecule has 0 fully saturated rings. The Morgan fingerprint density at radius 2 is 1.10 bits per heavy atom. The average Bonchev–Trinajstić information content (AvgIpc) is 3.97. The summed E-state index contributed by atoms with van der Waals surface area (Å²) < 4.78 is 9.02. The van der Waals surface area contributed by atoms with E-state index in [1.165, 1.54) is 81.4 Å². The molecule has 1 aliphatic rings. The van der Waals surface area contributed by atoms with Crippen LogP contribution in [-0.4, -0.2) is 0 Å². The first-order valence-corrected chi connectivity index (χ1v) is 21.9. The maximum absolute atomic E-state index is 6.43. The lowest BCUT2D eigenvalue weighted by Crippen LogP contribution is -2.14. The zero-order chi connectivity index (χ0) is 40.7. The van der Waals surface area contributed by atoms with Crippen LogP contribution in [0.25, 0.3) is 98.3 Å². The zero-order valence-corrected chi connectivity index (χ0v) is 34.8. The second-order valence-electron chi connectivity index (χ2n) is 16.8. The van der Waals surface area contributed by atoms with Gasteiger partial charge in [-0.2, -0.15) is 0 Å². The molecule has 0 amide bonds. The van der Waals surface area contributed by atoms with Crippen LogP contribution in [0.2, 0.25) is 0 Å². The van der Waals surface area contributed by atoms with E-state index in [2.05, 4.69) is 208 Å². The van der Waals surface area contributed by atoms with E-state index in [1.54, 1.807) is 0 Å². The molecule has 0 aliphatic heterocycles. The molecule has 2 aromatic heterocycles. The normalized spacial score (nSPS) is 13.3. The minimum absolute atomic E-state index is 0.0611. The van der Waals surface area contributed by atoms with Crippen LogP contribution in [0.15, 0.2) is 205 Å². The molecule has 0 bridgehead atoms. The quantitative estimate of drug-likeness (QED) is 0.153. The zero-order valence-electron chi connectivity index (χ0n) is 33.9. The molecule has 2 heterocycles. The monoisotopic (exact) mass is 796 g/mol. The number of benzene rings is 9. The Kier molecular flexibility index (Phi) is 8.13. The summed E-state index contributed by atoms with van der Waals surface area (Å²) in [7, 11) is 0. The van der Waals surface area contributed by atoms with E-state index < -0.39 is 0 Å². The highest BCUT2D eigenvalue weighted by atomic mass is 32.1. The van der Waals surface area contributed by atoms with Crippen molar-refractivity contribution in [3.05, 3.63) is 228 Å². The van der Waals surface area contributed by atoms with Crippen molar-refractivity contribution < 1.29 is 4.42 Å². The largest absolute Gasteiger partial charge is 0.455 e. The summed E-state index contributed by atoms with van der Waals surface area (Å²) in [6.45, 7) is 4.73. The molecule has 1 aliphatic carbocycles. The standard InChI is InChI=1S/C59H40OS/c1-59(2)51-24-8-6-17-48(51)55-44(19-12-25-52(55)59)45-20-13-27-54-56(45)49-23-11-22-47(58(49)61-54)50(41-34-32-39(33-35-41)38-14-4-3-5-15-38)36-37-28-30-40(31-29-37)42-18-10-21-46-43-16-7-9-26-53(43)60-57(42)46/h3-36H,1-2H3/b50-36-. The Morgan fingerprint density at radius 3 is 1.97 bits per heavy atom. The lowest BCUT2D eigenvalue weighted by molar-refractivity contribution is 0.660. The molecular formula is C59H40OS. The van der Waals surface area contributed by atoms with E-state index >= 15 is 0 Å². The van der Waals surface area contributed by atoms with Crippen molar-refractivity contribution in [2.75, 3.05) is 0 Å². The first kappa shape index (κ1) is 35.7. The molecule has 288 valence electrons. The molecule has 11 aromatic rings. The average molecular weight is 797 g/mol. The summed E-state index contributed by atoms with van der Waals surface area (Å²) in [5.41, 5.74) is 19.3. The molecule has 0 atom stereocenters. The summed E-state index contributed by atoms with van der Waals surface area (Å²) in [5.74, 6) is 0. The van der Waals surface area contributed by atoms with Gasteiger partial charge in [-0.15, -0.1) is 11.3 Å². The van der Waals surface area contributed by atoms with Crippen molar-refractivity contribution in [1.82, 2.24) is 0 Å². The Bertz CT molecular complexity index is 3520. The molecule has 61 heavy (non-hydrogen) atoms. The van der Waals surface area contributed by atoms with Crippen LogP contribution >= 0.6 is 11.3 Å². The van der Waals surface area contributed by atoms with E-state index in [1.807, 2.05) is 23.5 Å². The first-order chi connectivity index (χ1) is 30.0. The van der Waals surface area contributed by atoms with Gasteiger partial charge in [0.15, 0.2) is 0 Å². The van der Waals surface area contributed by atoms with Gasteiger partial charge in [-0.05, 0) is 85.0 Å². The molecule has 0 unspecified atom stereocenters. The molecule has 0 N–H and O–H groups in total. The number of hydrogen-bond acceptors (Lipinski definition) is 2. The Morgan fingerprint density at radius 1 is 0.475 bits per heavy atom. The van der Waals surface area contributed by atoms with Crippen LogP contribution in [-0.2, 0) is 5.41 Å². The fourth-order valence-electron chi connectivity index (χ4n) is 9.95. The molecule has 0 spiro atoms. The second-order valence-corrected chi connectivity index (χ2v) is 17.8. The van der Waals surface area contributed by atoms with Crippen LogP contribution < -0.4 is 0 Å². The molecular weight excluding hydrogens is 757 g/mol. The van der Waals surface area contributed by atoms with Crippen molar-refractivity contribution in [2.45, 2.75) is 19.3 Å². The van der Waals surface area contributed by atoms with Crippen molar-refractivity contribution >= 4 is 65.1 Å². The molecule has 9 aromatic carbocycles. The number of fused-ring (bicyclic) bond motifs is 9. The van der Waals surface area contributed by atoms with Gasteiger partial charge < -0.3 is 4.42 Å². The minimum Gasteiger partial charge on any atom is -0.455 e. The van der Waals surface area contributed by atoms with Gasteiger partial charge >= 0.3 is 0 Å². The van der Waals surface area contributed by atoms with Gasteiger partial charge in [0, 0.05) is 47.5 Å². The molecule has 0 saturated heterocycles. The smallest absolute Gasteiger partial charge is 0.143 e. The van der Waals surface area contributed by atoms with Gasteiger partial charge in [-0.25, -0.2) is 0 Å². The summed E-state index contributed by atoms with van der Waals surface area (Å²) in [6, 6.07) is 73.0. The van der Waals surface area contributed by atoms with Crippen LogP contribution in [0.3, 0.4) is 0 Å². The summed E-state index contributed by atoms with van der Waals surface area (Å²) in [4.78, 5) is 0. The van der Waals surface area contributed by atoms with Crippen LogP contribution in [0.4, 0.5) is 0 Å². The third-order valence-corrected chi connectivity index (χ3v) is 14.2. The van der Waals surface area contributed by atoms with Gasteiger partial charge in [0.25, 0.3) is 0 Å². The third kappa shape index (κ3) is 5.67. The van der Waals surface area contributed by atoms with Crippen LogP contribution in [0.1, 0.15) is 41.7 Å². The summed E-state index contributed by atoms with van der Waals surface area (Å²) in [5, 5.41) is 4.90. The summed E-state index contributed by atoms with van der Waals surface area (Å²) in [6.07, 6.45) is 2.37. The number of hydrogen-bond donors (Lipinski definition) is 0. The summed E-state index contributed by atoms with van der Waals surface area (Å²) >= 11 is 1.90. The third-order valence-electron chi connectivity index (χ3n) is 13.0. The highest BCUT2D eigenvalue weighted by Gasteiger charge is 2.36. The number of rotatable bonds is 6. The maximum atomic E-state index is 6.43. The number of furan rings is 1. The van der Waals surface area contributed by atoms with E-state index in [0.717, 1.165) is 38.6 Å². The highest BCUT2D eigenvalue weighted by molar-refractivity contribution is 7.26. The van der Waals surface area contributed by atoms with Gasteiger partial charge in [0.1, 0.15) is 11.2 Å². The predicted octanol–water partition coefficient (Wildman–Crippen LogP) is 16.9. The van der Waals surface area contributed by atoms with Gasteiger partial charge in [0.05, 0.1) is 0 Å². The Balaban J connectivity index is 1.02. The van der Waals surface area contributed by atoms with E-state index in [-0.39, 0.29) is 5.41 Å². The van der Waals surface area contributed by atoms with Crippen molar-refractivity contribution in [2.24, 2.45) is 0 Å². The molecule has 12 rings (SSSR count). The van der Waals surface area contributed by atoms with Crippen LogP contribution in [0.5, 0.6) is 0 Å². The molecule has 1 nitrogen and oxygen atoms in total.